The van der Waals surface area contributed by atoms with Crippen LogP contribution < -0.4 is 5.32 Å². The first-order valence-electron chi connectivity index (χ1n) is 13.7. The van der Waals surface area contributed by atoms with Crippen LogP contribution in [-0.4, -0.2) is 60.9 Å². The van der Waals surface area contributed by atoms with Crippen LogP contribution in [0.4, 0.5) is 18.0 Å². The molecule has 3 aliphatic carbocycles. The Balaban J connectivity index is 1.31. The zero-order chi connectivity index (χ0) is 28.2. The molecule has 2 saturated heterocycles. The first-order chi connectivity index (χ1) is 18.3. The molecule has 2 heterocycles. The minimum Gasteiger partial charge on any atom is -0.444 e. The molecule has 39 heavy (non-hydrogen) atoms. The number of nitrogens with one attached hydrogen (secondary N) is 1. The Morgan fingerprint density at radius 1 is 1.26 bits per heavy atom. The molecule has 6 atom stereocenters. The summed E-state index contributed by atoms with van der Waals surface area (Å²) in [6.07, 6.45) is -1.03. The highest BCUT2D eigenvalue weighted by Crippen LogP contribution is 2.65. The molecule has 1 N–H and O–H groups in total. The van der Waals surface area contributed by atoms with Crippen molar-refractivity contribution in [1.82, 2.24) is 10.2 Å². The van der Waals surface area contributed by atoms with Crippen molar-refractivity contribution in [2.75, 3.05) is 13.1 Å². The molecule has 0 aromatic heterocycles. The molecule has 7 nitrogen and oxygen atoms in total. The molecule has 1 aromatic rings. The highest BCUT2D eigenvalue weighted by Gasteiger charge is 2.68. The van der Waals surface area contributed by atoms with E-state index in [-0.39, 0.29) is 30.4 Å². The van der Waals surface area contributed by atoms with Gasteiger partial charge in [-0.15, -0.1) is 0 Å². The quantitative estimate of drug-likeness (QED) is 0.409. The van der Waals surface area contributed by atoms with Gasteiger partial charge >= 0.3 is 19.4 Å². The number of nitrogens with zero attached hydrogens (tertiary/aromatic N) is 1. The van der Waals surface area contributed by atoms with Crippen molar-refractivity contribution >= 4 is 19.1 Å². The van der Waals surface area contributed by atoms with Crippen molar-refractivity contribution < 1.29 is 36.8 Å². The van der Waals surface area contributed by atoms with Crippen LogP contribution in [0, 0.1) is 17.3 Å². The van der Waals surface area contributed by atoms with E-state index in [0.717, 1.165) is 25.0 Å². The van der Waals surface area contributed by atoms with Crippen LogP contribution in [0.25, 0.3) is 0 Å². The van der Waals surface area contributed by atoms with E-state index in [2.05, 4.69) is 32.7 Å². The fourth-order valence-corrected chi connectivity index (χ4v) is 7.07. The molecular weight excluding hydrogens is 512 g/mol. The van der Waals surface area contributed by atoms with Gasteiger partial charge in [-0.3, -0.25) is 4.79 Å². The number of ether oxygens (including phenoxy) is 1. The molecule has 6 rings (SSSR count). The summed E-state index contributed by atoms with van der Waals surface area (Å²) in [6.45, 7) is 10.9. The van der Waals surface area contributed by atoms with Crippen molar-refractivity contribution in [3.8, 4) is 0 Å². The Morgan fingerprint density at radius 2 is 1.97 bits per heavy atom. The summed E-state index contributed by atoms with van der Waals surface area (Å²) in [6, 6.07) is 4.89. The van der Waals surface area contributed by atoms with E-state index in [4.69, 9.17) is 14.0 Å². The van der Waals surface area contributed by atoms with Gasteiger partial charge in [0, 0.05) is 6.54 Å². The predicted octanol–water partition coefficient (Wildman–Crippen LogP) is 4.79. The normalized spacial score (nSPS) is 32.1. The Kier molecular flexibility index (Phi) is 7.29. The number of hydrogen-bond acceptors (Lipinski definition) is 5. The van der Waals surface area contributed by atoms with E-state index in [1.54, 1.807) is 4.90 Å². The molecule has 5 fully saturated rings. The molecule has 0 radical (unpaired) electrons. The minimum atomic E-state index is -4.43. The lowest BCUT2D eigenvalue weighted by atomic mass is 9.43. The van der Waals surface area contributed by atoms with E-state index < -0.39 is 42.6 Å². The third kappa shape index (κ3) is 5.32. The molecule has 2 amide bonds. The number of amides is 2. The Morgan fingerprint density at radius 3 is 2.62 bits per heavy atom. The van der Waals surface area contributed by atoms with Crippen molar-refractivity contribution in [2.45, 2.75) is 82.8 Å². The first kappa shape index (κ1) is 28.0. The van der Waals surface area contributed by atoms with Crippen LogP contribution in [-0.2, 0) is 31.4 Å². The topological polar surface area (TPSA) is 77.1 Å². The number of likely N-dealkylation sites (tertiary alicyclic amines) is 1. The molecule has 2 aliphatic heterocycles. The van der Waals surface area contributed by atoms with Gasteiger partial charge in [0.1, 0.15) is 6.10 Å². The number of carbonyl (C=O) groups is 2. The zero-order valence-electron chi connectivity index (χ0n) is 22.6. The molecular formula is C28H36BF3N2O5. The lowest BCUT2D eigenvalue weighted by Crippen LogP contribution is -2.65. The minimum absolute atomic E-state index is 0.121. The largest absolute Gasteiger partial charge is 0.482 e. The Labute approximate surface area is 227 Å². The summed E-state index contributed by atoms with van der Waals surface area (Å²) in [5.41, 5.74) is -0.512. The third-order valence-electron chi connectivity index (χ3n) is 9.48. The lowest BCUT2D eigenvalue weighted by Gasteiger charge is -2.64. The van der Waals surface area contributed by atoms with E-state index in [9.17, 15) is 22.8 Å². The number of carbonyl (C=O) groups excluding carboxylic acids is 2. The molecule has 11 heteroatoms. The van der Waals surface area contributed by atoms with Gasteiger partial charge in [-0.1, -0.05) is 32.6 Å². The van der Waals surface area contributed by atoms with Gasteiger partial charge in [0.05, 0.1) is 29.8 Å². The van der Waals surface area contributed by atoms with Crippen molar-refractivity contribution in [3.63, 3.8) is 0 Å². The van der Waals surface area contributed by atoms with E-state index >= 15 is 0 Å². The maximum Gasteiger partial charge on any atom is 0.482 e. The number of halogens is 3. The summed E-state index contributed by atoms with van der Waals surface area (Å²) < 4.78 is 57.9. The predicted molar refractivity (Wildman–Crippen MR) is 138 cm³/mol. The van der Waals surface area contributed by atoms with Crippen LogP contribution in [0.3, 0.4) is 0 Å². The van der Waals surface area contributed by atoms with Crippen LogP contribution in [0.2, 0.25) is 0 Å². The van der Waals surface area contributed by atoms with Crippen molar-refractivity contribution in [1.29, 1.82) is 0 Å². The van der Waals surface area contributed by atoms with Crippen molar-refractivity contribution in [3.05, 3.63) is 48.0 Å². The van der Waals surface area contributed by atoms with E-state index in [0.29, 0.717) is 36.8 Å². The number of rotatable bonds is 6. The SMILES string of the molecule is C=CC(=O)N1CCC[C@H](OC(=O)N[C@@H](Cc2ccc(C(F)(F)F)cc2)B2OC3C[C@@H]4C[C@@H](C4(C)C)[C@]3(C)O2)C1. The molecule has 212 valence electrons. The highest BCUT2D eigenvalue weighted by atomic mass is 19.4. The standard InChI is InChI=1S/C28H36BF3N2O5/c1-5-24(35)34-12-6-7-20(16-34)37-25(36)33-23(13-17-8-10-18(11-9-17)28(30,31)32)29-38-22-15-19-14-21(26(19,2)3)27(22,4)39-29/h5,8-11,19-23H,1,6-7,12-16H2,2-4H3,(H,33,36)/t19-,20-,21-,22?,23-,27-/m0/s1. The van der Waals surface area contributed by atoms with Gasteiger partial charge in [0.15, 0.2) is 0 Å². The number of alkyl carbamates (subject to hydrolysis) is 1. The second-order valence-corrected chi connectivity index (χ2v) is 12.1. The Hall–Kier alpha value is -2.53. The second kappa shape index (κ2) is 10.1. The second-order valence-electron chi connectivity index (χ2n) is 12.1. The number of benzene rings is 1. The number of hydrogen-bond donors (Lipinski definition) is 1. The highest BCUT2D eigenvalue weighted by molar-refractivity contribution is 6.47. The molecule has 5 aliphatic rings. The Bertz CT molecular complexity index is 1110. The van der Waals surface area contributed by atoms with Crippen LogP contribution >= 0.6 is 0 Å². The van der Waals surface area contributed by atoms with Gasteiger partial charge in [-0.25, -0.2) is 4.79 Å². The fourth-order valence-electron chi connectivity index (χ4n) is 7.07. The van der Waals surface area contributed by atoms with Crippen molar-refractivity contribution in [2.24, 2.45) is 17.3 Å². The lowest BCUT2D eigenvalue weighted by molar-refractivity contribution is -0.199. The smallest absolute Gasteiger partial charge is 0.444 e. The van der Waals surface area contributed by atoms with Crippen LogP contribution in [0.1, 0.15) is 57.6 Å². The average molecular weight is 548 g/mol. The number of alkyl halides is 3. The van der Waals surface area contributed by atoms with Crippen LogP contribution in [0.5, 0.6) is 0 Å². The van der Waals surface area contributed by atoms with Gasteiger partial charge in [0.25, 0.3) is 0 Å². The molecule has 0 spiro atoms. The van der Waals surface area contributed by atoms with Gasteiger partial charge in [-0.05, 0) is 80.1 Å². The summed E-state index contributed by atoms with van der Waals surface area (Å²) >= 11 is 0. The average Bonchev–Trinajstić information content (AvgIpc) is 3.25. The zero-order valence-corrected chi connectivity index (χ0v) is 22.6. The van der Waals surface area contributed by atoms with E-state index in [1.807, 2.05) is 0 Å². The number of piperidine rings is 1. The molecule has 2 bridgehead atoms. The van der Waals surface area contributed by atoms with E-state index in [1.165, 1.54) is 18.2 Å². The first-order valence-corrected chi connectivity index (χ1v) is 13.7. The molecule has 1 aromatic carbocycles. The summed E-state index contributed by atoms with van der Waals surface area (Å²) in [5, 5.41) is 2.88. The molecule has 1 unspecified atom stereocenters. The molecule has 3 saturated carbocycles. The monoisotopic (exact) mass is 548 g/mol. The maximum atomic E-state index is 13.1. The summed E-state index contributed by atoms with van der Waals surface area (Å²) in [4.78, 5) is 26.7. The maximum absolute atomic E-state index is 13.1. The van der Waals surface area contributed by atoms with Gasteiger partial charge in [-0.2, -0.15) is 13.2 Å². The van der Waals surface area contributed by atoms with Gasteiger partial charge in [0.2, 0.25) is 5.91 Å². The van der Waals surface area contributed by atoms with Crippen LogP contribution in [0.15, 0.2) is 36.9 Å². The fraction of sp³-hybridized carbons (Fsp3) is 0.643. The summed E-state index contributed by atoms with van der Waals surface area (Å²) in [7, 11) is -0.782. The van der Waals surface area contributed by atoms with Gasteiger partial charge < -0.3 is 24.3 Å². The summed E-state index contributed by atoms with van der Waals surface area (Å²) in [5.74, 6) is -0.0463. The third-order valence-corrected chi connectivity index (χ3v) is 9.48.